The Morgan fingerprint density at radius 2 is 1.91 bits per heavy atom. The van der Waals surface area contributed by atoms with Gasteiger partial charge in [-0.3, -0.25) is 4.79 Å². The molecule has 0 spiro atoms. The molecule has 1 saturated carbocycles. The molecule has 1 amide bonds. The Hall–Kier alpha value is -0.880. The lowest BCUT2D eigenvalue weighted by Crippen LogP contribution is -2.53. The number of sulfone groups is 1. The first-order chi connectivity index (χ1) is 10.3. The predicted octanol–water partition coefficient (Wildman–Crippen LogP) is 2.52. The van der Waals surface area contributed by atoms with Crippen molar-refractivity contribution >= 4 is 31.7 Å². The zero-order valence-corrected chi connectivity index (χ0v) is 15.0. The molecule has 0 radical (unpaired) electrons. The van der Waals surface area contributed by atoms with Gasteiger partial charge in [0.15, 0.2) is 9.84 Å². The molecule has 6 heteroatoms. The van der Waals surface area contributed by atoms with Crippen molar-refractivity contribution in [1.82, 2.24) is 4.90 Å². The summed E-state index contributed by atoms with van der Waals surface area (Å²) in [5.74, 6) is 0.370. The van der Waals surface area contributed by atoms with Crippen LogP contribution in [0.5, 0.6) is 0 Å². The van der Waals surface area contributed by atoms with E-state index in [4.69, 9.17) is 0 Å². The first kappa shape index (κ1) is 16.0. The van der Waals surface area contributed by atoms with Gasteiger partial charge in [-0.25, -0.2) is 8.42 Å². The number of amides is 1. The van der Waals surface area contributed by atoms with Gasteiger partial charge in [0.25, 0.3) is 0 Å². The number of likely N-dealkylation sites (N-methyl/N-ethyl adjacent to an activating group) is 1. The van der Waals surface area contributed by atoms with Gasteiger partial charge in [0.1, 0.15) is 0 Å². The highest BCUT2D eigenvalue weighted by atomic mass is 79.9. The molecule has 120 valence electrons. The molecule has 1 aliphatic heterocycles. The summed E-state index contributed by atoms with van der Waals surface area (Å²) in [6, 6.07) is 7.75. The van der Waals surface area contributed by atoms with E-state index in [1.165, 1.54) is 0 Å². The molecular formula is C16H20BrNO3S. The third kappa shape index (κ3) is 2.71. The van der Waals surface area contributed by atoms with E-state index >= 15 is 0 Å². The van der Waals surface area contributed by atoms with E-state index in [9.17, 15) is 13.2 Å². The molecule has 1 saturated heterocycles. The van der Waals surface area contributed by atoms with Crippen LogP contribution in [0.3, 0.4) is 0 Å². The Morgan fingerprint density at radius 3 is 2.36 bits per heavy atom. The summed E-state index contributed by atoms with van der Waals surface area (Å²) in [5, 5.41) is 0. The average Bonchev–Trinajstić information content (AvgIpc) is 2.79. The van der Waals surface area contributed by atoms with Gasteiger partial charge in [-0.05, 0) is 37.0 Å². The van der Waals surface area contributed by atoms with E-state index in [0.717, 1.165) is 29.3 Å². The van der Waals surface area contributed by atoms with E-state index in [2.05, 4.69) is 15.9 Å². The Morgan fingerprint density at radius 1 is 1.27 bits per heavy atom. The van der Waals surface area contributed by atoms with E-state index in [1.54, 1.807) is 11.9 Å². The van der Waals surface area contributed by atoms with Crippen molar-refractivity contribution in [3.05, 3.63) is 34.3 Å². The SMILES string of the molecule is CN(C(=O)C1(c2ccc(Br)cc2)CCC1)C1CCS(=O)(=O)C1. The largest absolute Gasteiger partial charge is 0.341 e. The number of carbonyl (C=O) groups is 1. The topological polar surface area (TPSA) is 54.5 Å². The molecule has 3 rings (SSSR count). The molecule has 2 fully saturated rings. The van der Waals surface area contributed by atoms with Gasteiger partial charge in [0.2, 0.25) is 5.91 Å². The van der Waals surface area contributed by atoms with Gasteiger partial charge in [0, 0.05) is 17.6 Å². The minimum absolute atomic E-state index is 0.0724. The molecule has 22 heavy (non-hydrogen) atoms. The maximum absolute atomic E-state index is 13.1. The Kier molecular flexibility index (Phi) is 4.10. The molecule has 0 bridgehead atoms. The zero-order chi connectivity index (χ0) is 16.0. The van der Waals surface area contributed by atoms with Crippen molar-refractivity contribution in [2.24, 2.45) is 0 Å². The number of rotatable bonds is 3. The van der Waals surface area contributed by atoms with Crippen molar-refractivity contribution in [2.75, 3.05) is 18.6 Å². The predicted molar refractivity (Wildman–Crippen MR) is 89.5 cm³/mol. The number of hydrogen-bond donors (Lipinski definition) is 0. The van der Waals surface area contributed by atoms with Crippen molar-refractivity contribution < 1.29 is 13.2 Å². The van der Waals surface area contributed by atoms with Gasteiger partial charge in [-0.15, -0.1) is 0 Å². The fraction of sp³-hybridized carbons (Fsp3) is 0.562. The molecule has 2 aliphatic rings. The highest BCUT2D eigenvalue weighted by molar-refractivity contribution is 9.10. The van der Waals surface area contributed by atoms with Crippen molar-refractivity contribution in [3.8, 4) is 0 Å². The van der Waals surface area contributed by atoms with Crippen molar-refractivity contribution in [3.63, 3.8) is 0 Å². The number of nitrogens with zero attached hydrogens (tertiary/aromatic N) is 1. The molecule has 1 heterocycles. The maximum atomic E-state index is 13.1. The molecule has 1 aliphatic carbocycles. The lowest BCUT2D eigenvalue weighted by Gasteiger charge is -2.44. The molecular weight excluding hydrogens is 366 g/mol. The Bertz CT molecular complexity index is 680. The van der Waals surface area contributed by atoms with Crippen LogP contribution in [0.1, 0.15) is 31.2 Å². The lowest BCUT2D eigenvalue weighted by molar-refractivity contribution is -0.141. The van der Waals surface area contributed by atoms with Crippen molar-refractivity contribution in [1.29, 1.82) is 0 Å². The van der Waals surface area contributed by atoms with Crippen LogP contribution in [0.2, 0.25) is 0 Å². The molecule has 1 unspecified atom stereocenters. The quantitative estimate of drug-likeness (QED) is 0.802. The first-order valence-corrected chi connectivity index (χ1v) is 10.2. The summed E-state index contributed by atoms with van der Waals surface area (Å²) in [5.41, 5.74) is 0.585. The van der Waals surface area contributed by atoms with Crippen LogP contribution < -0.4 is 0 Å². The summed E-state index contributed by atoms with van der Waals surface area (Å²) >= 11 is 3.42. The number of halogens is 1. The first-order valence-electron chi connectivity index (χ1n) is 7.58. The van der Waals surface area contributed by atoms with Crippen LogP contribution in [0, 0.1) is 0 Å². The van der Waals surface area contributed by atoms with Gasteiger partial charge in [-0.1, -0.05) is 34.5 Å². The fourth-order valence-corrected chi connectivity index (χ4v) is 5.55. The summed E-state index contributed by atoms with van der Waals surface area (Å²) < 4.78 is 24.3. The molecule has 0 N–H and O–H groups in total. The van der Waals surface area contributed by atoms with Gasteiger partial charge >= 0.3 is 0 Å². The maximum Gasteiger partial charge on any atom is 0.233 e. The highest BCUT2D eigenvalue weighted by Crippen LogP contribution is 2.45. The normalized spacial score (nSPS) is 25.5. The summed E-state index contributed by atoms with van der Waals surface area (Å²) in [6.07, 6.45) is 3.29. The summed E-state index contributed by atoms with van der Waals surface area (Å²) in [4.78, 5) is 14.7. The molecule has 1 aromatic carbocycles. The van der Waals surface area contributed by atoms with E-state index in [1.807, 2.05) is 24.3 Å². The monoisotopic (exact) mass is 385 g/mol. The third-order valence-electron chi connectivity index (χ3n) is 5.09. The van der Waals surface area contributed by atoms with Crippen LogP contribution in [0.4, 0.5) is 0 Å². The van der Waals surface area contributed by atoms with Crippen LogP contribution in [-0.2, 0) is 20.0 Å². The number of benzene rings is 1. The fourth-order valence-electron chi connectivity index (χ4n) is 3.51. The van der Waals surface area contributed by atoms with Gasteiger partial charge in [0.05, 0.1) is 16.9 Å². The van der Waals surface area contributed by atoms with Crippen LogP contribution in [0.25, 0.3) is 0 Å². The molecule has 4 nitrogen and oxygen atoms in total. The second kappa shape index (κ2) is 5.64. The smallest absolute Gasteiger partial charge is 0.233 e. The molecule has 0 aromatic heterocycles. The van der Waals surface area contributed by atoms with Crippen LogP contribution in [0.15, 0.2) is 28.7 Å². The number of carbonyl (C=O) groups excluding carboxylic acids is 1. The summed E-state index contributed by atoms with van der Waals surface area (Å²) in [7, 11) is -1.22. The standard InChI is InChI=1S/C16H20BrNO3S/c1-18(14-7-10-22(20,21)11-14)15(19)16(8-2-9-16)12-3-5-13(17)6-4-12/h3-6,14H,2,7-11H2,1H3. The van der Waals surface area contributed by atoms with Gasteiger partial charge < -0.3 is 4.90 Å². The Balaban J connectivity index is 1.84. The van der Waals surface area contributed by atoms with Crippen molar-refractivity contribution in [2.45, 2.75) is 37.1 Å². The zero-order valence-electron chi connectivity index (χ0n) is 12.6. The third-order valence-corrected chi connectivity index (χ3v) is 7.37. The Labute approximate surface area is 139 Å². The highest BCUT2D eigenvalue weighted by Gasteiger charge is 2.48. The van der Waals surface area contributed by atoms with Gasteiger partial charge in [-0.2, -0.15) is 0 Å². The van der Waals surface area contributed by atoms with E-state index in [0.29, 0.717) is 6.42 Å². The average molecular weight is 386 g/mol. The molecule has 1 aromatic rings. The minimum atomic E-state index is -2.98. The molecule has 1 atom stereocenters. The second-order valence-corrected chi connectivity index (χ2v) is 9.56. The van der Waals surface area contributed by atoms with Crippen LogP contribution >= 0.6 is 15.9 Å². The van der Waals surface area contributed by atoms with E-state index in [-0.39, 0.29) is 23.5 Å². The minimum Gasteiger partial charge on any atom is -0.341 e. The summed E-state index contributed by atoms with van der Waals surface area (Å²) in [6.45, 7) is 0. The number of hydrogen-bond acceptors (Lipinski definition) is 3. The van der Waals surface area contributed by atoms with E-state index < -0.39 is 15.3 Å². The second-order valence-electron chi connectivity index (χ2n) is 6.42. The van der Waals surface area contributed by atoms with Crippen LogP contribution in [-0.4, -0.2) is 43.8 Å². The lowest BCUT2D eigenvalue weighted by atomic mass is 9.63.